The molecule has 1 atom stereocenters. The molecule has 1 aliphatic carbocycles. The van der Waals surface area contributed by atoms with Crippen LogP contribution >= 0.6 is 11.6 Å². The van der Waals surface area contributed by atoms with Crippen molar-refractivity contribution in [3.8, 4) is 0 Å². The summed E-state index contributed by atoms with van der Waals surface area (Å²) in [6, 6.07) is 4.99. The predicted molar refractivity (Wildman–Crippen MR) is 96.5 cm³/mol. The van der Waals surface area contributed by atoms with Crippen molar-refractivity contribution in [1.29, 1.82) is 0 Å². The minimum atomic E-state index is -0.566. The Labute approximate surface area is 147 Å². The van der Waals surface area contributed by atoms with Gasteiger partial charge in [0, 0.05) is 24.0 Å². The van der Waals surface area contributed by atoms with Crippen LogP contribution in [0.2, 0.25) is 5.02 Å². The van der Waals surface area contributed by atoms with E-state index in [1.54, 1.807) is 13.0 Å². The first-order valence-electron chi connectivity index (χ1n) is 8.70. The number of anilines is 2. The molecule has 1 saturated carbocycles. The van der Waals surface area contributed by atoms with Crippen molar-refractivity contribution in [2.45, 2.75) is 45.1 Å². The molecule has 3 rings (SSSR count). The van der Waals surface area contributed by atoms with Gasteiger partial charge in [-0.05, 0) is 50.8 Å². The first-order chi connectivity index (χ1) is 11.5. The van der Waals surface area contributed by atoms with E-state index in [2.05, 4.69) is 15.5 Å². The van der Waals surface area contributed by atoms with Crippen molar-refractivity contribution in [3.05, 3.63) is 23.2 Å². The summed E-state index contributed by atoms with van der Waals surface area (Å²) >= 11 is 6.10. The number of carbonyl (C=O) groups is 2. The smallest absolute Gasteiger partial charge is 0.246 e. The molecule has 2 fully saturated rings. The van der Waals surface area contributed by atoms with Crippen LogP contribution in [-0.4, -0.2) is 30.9 Å². The van der Waals surface area contributed by atoms with Crippen LogP contribution in [-0.2, 0) is 9.59 Å². The van der Waals surface area contributed by atoms with Crippen LogP contribution in [0.15, 0.2) is 18.2 Å². The Morgan fingerprint density at radius 3 is 2.54 bits per heavy atom. The Bertz CT molecular complexity index is 625. The second kappa shape index (κ2) is 7.43. The third kappa shape index (κ3) is 3.83. The highest BCUT2D eigenvalue weighted by Gasteiger charge is 2.28. The Morgan fingerprint density at radius 1 is 1.21 bits per heavy atom. The summed E-state index contributed by atoms with van der Waals surface area (Å²) < 4.78 is 0. The number of hydrogen-bond acceptors (Lipinski definition) is 3. The van der Waals surface area contributed by atoms with E-state index < -0.39 is 6.04 Å². The van der Waals surface area contributed by atoms with E-state index in [4.69, 9.17) is 11.6 Å². The fourth-order valence-electron chi connectivity index (χ4n) is 3.15. The van der Waals surface area contributed by atoms with E-state index in [0.717, 1.165) is 50.9 Å². The maximum absolute atomic E-state index is 12.5. The Hall–Kier alpha value is -1.75. The van der Waals surface area contributed by atoms with Gasteiger partial charge in [0.05, 0.1) is 11.4 Å². The summed E-state index contributed by atoms with van der Waals surface area (Å²) in [5.74, 6) is -0.160. The SMILES string of the molecule is CC(NC(=O)C1CCC1)C(=O)Nc1cc(Cl)ccc1N1CCCC1. The van der Waals surface area contributed by atoms with Crippen molar-refractivity contribution in [2.75, 3.05) is 23.3 Å². The Morgan fingerprint density at radius 2 is 1.92 bits per heavy atom. The molecule has 2 aliphatic rings. The number of rotatable bonds is 5. The van der Waals surface area contributed by atoms with Gasteiger partial charge < -0.3 is 15.5 Å². The minimum Gasteiger partial charge on any atom is -0.370 e. The molecular formula is C18H24ClN3O2. The Balaban J connectivity index is 1.66. The highest BCUT2D eigenvalue weighted by Crippen LogP contribution is 2.31. The van der Waals surface area contributed by atoms with Crippen LogP contribution in [0.3, 0.4) is 0 Å². The van der Waals surface area contributed by atoms with Crippen LogP contribution < -0.4 is 15.5 Å². The fourth-order valence-corrected chi connectivity index (χ4v) is 3.32. The number of nitrogens with zero attached hydrogens (tertiary/aromatic N) is 1. The molecule has 0 bridgehead atoms. The van der Waals surface area contributed by atoms with E-state index in [9.17, 15) is 9.59 Å². The van der Waals surface area contributed by atoms with Crippen LogP contribution in [0, 0.1) is 5.92 Å². The van der Waals surface area contributed by atoms with Crippen LogP contribution in [0.25, 0.3) is 0 Å². The molecule has 24 heavy (non-hydrogen) atoms. The molecule has 1 heterocycles. The van der Waals surface area contributed by atoms with E-state index in [1.807, 2.05) is 12.1 Å². The van der Waals surface area contributed by atoms with Crippen LogP contribution in [0.1, 0.15) is 39.0 Å². The minimum absolute atomic E-state index is 0.0187. The predicted octanol–water partition coefficient (Wildman–Crippen LogP) is 3.18. The van der Waals surface area contributed by atoms with Gasteiger partial charge in [-0.15, -0.1) is 0 Å². The maximum atomic E-state index is 12.5. The number of carbonyl (C=O) groups excluding carboxylic acids is 2. The van der Waals surface area contributed by atoms with Crippen molar-refractivity contribution in [3.63, 3.8) is 0 Å². The summed E-state index contributed by atoms with van der Waals surface area (Å²) in [6.07, 6.45) is 5.26. The lowest BCUT2D eigenvalue weighted by Gasteiger charge is -2.26. The molecule has 1 saturated heterocycles. The lowest BCUT2D eigenvalue weighted by atomic mass is 9.84. The lowest BCUT2D eigenvalue weighted by molar-refractivity contribution is -0.130. The molecule has 5 nitrogen and oxygen atoms in total. The van der Waals surface area contributed by atoms with E-state index >= 15 is 0 Å². The zero-order valence-electron chi connectivity index (χ0n) is 14.0. The zero-order chi connectivity index (χ0) is 17.1. The summed E-state index contributed by atoms with van der Waals surface area (Å²) in [7, 11) is 0. The van der Waals surface area contributed by atoms with Gasteiger partial charge >= 0.3 is 0 Å². The number of amides is 2. The van der Waals surface area contributed by atoms with Crippen molar-refractivity contribution in [1.82, 2.24) is 5.32 Å². The van der Waals surface area contributed by atoms with Gasteiger partial charge in [0.1, 0.15) is 6.04 Å². The zero-order valence-corrected chi connectivity index (χ0v) is 14.7. The summed E-state index contributed by atoms with van der Waals surface area (Å²) in [5.41, 5.74) is 1.70. The molecule has 1 aliphatic heterocycles. The molecule has 1 unspecified atom stereocenters. The molecule has 130 valence electrons. The number of benzene rings is 1. The van der Waals surface area contributed by atoms with Crippen molar-refractivity contribution in [2.24, 2.45) is 5.92 Å². The number of halogens is 1. The lowest BCUT2D eigenvalue weighted by Crippen LogP contribution is -2.45. The summed E-state index contributed by atoms with van der Waals surface area (Å²) in [6.45, 7) is 3.68. The Kier molecular flexibility index (Phi) is 5.29. The van der Waals surface area contributed by atoms with Gasteiger partial charge in [0.2, 0.25) is 11.8 Å². The monoisotopic (exact) mass is 349 g/mol. The molecule has 2 amide bonds. The second-order valence-electron chi connectivity index (χ2n) is 6.70. The average Bonchev–Trinajstić information content (AvgIpc) is 2.99. The fraction of sp³-hybridized carbons (Fsp3) is 0.556. The molecular weight excluding hydrogens is 326 g/mol. The first kappa shape index (κ1) is 17.1. The summed E-state index contributed by atoms with van der Waals surface area (Å²) in [4.78, 5) is 26.7. The van der Waals surface area contributed by atoms with E-state index in [0.29, 0.717) is 10.7 Å². The van der Waals surface area contributed by atoms with E-state index in [1.165, 1.54) is 0 Å². The molecule has 1 aromatic carbocycles. The van der Waals surface area contributed by atoms with Crippen molar-refractivity contribution < 1.29 is 9.59 Å². The standard InChI is InChI=1S/C18H24ClN3O2/c1-12(20-18(24)13-5-4-6-13)17(23)21-15-11-14(19)7-8-16(15)22-9-2-3-10-22/h7-8,11-13H,2-6,9-10H2,1H3,(H,20,24)(H,21,23). The second-order valence-corrected chi connectivity index (χ2v) is 7.14. The quantitative estimate of drug-likeness (QED) is 0.858. The topological polar surface area (TPSA) is 61.4 Å². The molecule has 0 radical (unpaired) electrons. The molecule has 2 N–H and O–H groups in total. The van der Waals surface area contributed by atoms with Gasteiger partial charge in [-0.1, -0.05) is 18.0 Å². The van der Waals surface area contributed by atoms with Crippen LogP contribution in [0.5, 0.6) is 0 Å². The van der Waals surface area contributed by atoms with Crippen molar-refractivity contribution >= 4 is 34.8 Å². The van der Waals surface area contributed by atoms with Gasteiger partial charge in [0.15, 0.2) is 0 Å². The van der Waals surface area contributed by atoms with Gasteiger partial charge in [0.25, 0.3) is 0 Å². The normalized spacial score (nSPS) is 18.8. The van der Waals surface area contributed by atoms with Crippen LogP contribution in [0.4, 0.5) is 11.4 Å². The average molecular weight is 350 g/mol. The third-order valence-corrected chi connectivity index (χ3v) is 5.13. The van der Waals surface area contributed by atoms with Gasteiger partial charge in [-0.2, -0.15) is 0 Å². The molecule has 6 heteroatoms. The molecule has 1 aromatic rings. The van der Waals surface area contributed by atoms with E-state index in [-0.39, 0.29) is 17.7 Å². The maximum Gasteiger partial charge on any atom is 0.246 e. The molecule has 0 aromatic heterocycles. The highest BCUT2D eigenvalue weighted by molar-refractivity contribution is 6.31. The first-order valence-corrected chi connectivity index (χ1v) is 9.08. The number of nitrogens with one attached hydrogen (secondary N) is 2. The largest absolute Gasteiger partial charge is 0.370 e. The molecule has 0 spiro atoms. The van der Waals surface area contributed by atoms with Gasteiger partial charge in [-0.25, -0.2) is 0 Å². The highest BCUT2D eigenvalue weighted by atomic mass is 35.5. The summed E-state index contributed by atoms with van der Waals surface area (Å²) in [5, 5.41) is 6.32. The third-order valence-electron chi connectivity index (χ3n) is 4.89. The van der Waals surface area contributed by atoms with Gasteiger partial charge in [-0.3, -0.25) is 9.59 Å². The number of hydrogen-bond donors (Lipinski definition) is 2.